The highest BCUT2D eigenvalue weighted by Crippen LogP contribution is 2.09. The van der Waals surface area contributed by atoms with E-state index in [0.717, 1.165) is 6.42 Å². The molecular formula is C11H23N. The van der Waals surface area contributed by atoms with E-state index in [1.807, 2.05) is 0 Å². The minimum Gasteiger partial charge on any atom is -0.386 e. The van der Waals surface area contributed by atoms with Gasteiger partial charge in [-0.15, -0.1) is 0 Å². The topological polar surface area (TPSA) is 12.0 Å². The first-order valence-electron chi connectivity index (χ1n) is 4.95. The smallest absolute Gasteiger partial charge is 0.0283 e. The molecular weight excluding hydrogens is 146 g/mol. The molecule has 0 aliphatic rings. The van der Waals surface area contributed by atoms with Gasteiger partial charge in [-0.25, -0.2) is 0 Å². The Kier molecular flexibility index (Phi) is 5.03. The molecule has 0 aromatic rings. The SMILES string of the molecule is CCC/C(=C\NC(C)(C)C)CC. The molecule has 0 amide bonds. The van der Waals surface area contributed by atoms with E-state index < -0.39 is 0 Å². The minimum absolute atomic E-state index is 0.203. The van der Waals surface area contributed by atoms with Crippen molar-refractivity contribution >= 4 is 0 Å². The molecule has 0 saturated heterocycles. The summed E-state index contributed by atoms with van der Waals surface area (Å²) in [6.45, 7) is 11.0. The summed E-state index contributed by atoms with van der Waals surface area (Å²) in [6.07, 6.45) is 5.81. The predicted molar refractivity (Wildman–Crippen MR) is 56.2 cm³/mol. The summed E-state index contributed by atoms with van der Waals surface area (Å²) in [5.41, 5.74) is 1.72. The summed E-state index contributed by atoms with van der Waals surface area (Å²) in [6, 6.07) is 0. The monoisotopic (exact) mass is 169 g/mol. The van der Waals surface area contributed by atoms with Crippen LogP contribution < -0.4 is 5.32 Å². The van der Waals surface area contributed by atoms with Crippen LogP contribution in [0.15, 0.2) is 11.8 Å². The Labute approximate surface area is 77.2 Å². The van der Waals surface area contributed by atoms with Gasteiger partial charge in [-0.1, -0.05) is 25.8 Å². The minimum atomic E-state index is 0.203. The van der Waals surface area contributed by atoms with Gasteiger partial charge in [0.2, 0.25) is 0 Å². The van der Waals surface area contributed by atoms with E-state index in [0.29, 0.717) is 0 Å². The predicted octanol–water partition coefficient (Wildman–Crippen LogP) is 3.47. The molecule has 0 aromatic heterocycles. The van der Waals surface area contributed by atoms with Crippen molar-refractivity contribution in [3.8, 4) is 0 Å². The standard InChI is InChI=1S/C11H23N/c1-6-8-10(7-2)9-12-11(3,4)5/h9,12H,6-8H2,1-5H3/b10-9-. The molecule has 0 rings (SSSR count). The van der Waals surface area contributed by atoms with Crippen molar-refractivity contribution in [1.82, 2.24) is 5.32 Å². The van der Waals surface area contributed by atoms with Crippen LogP contribution in [0.3, 0.4) is 0 Å². The van der Waals surface area contributed by atoms with E-state index in [1.54, 1.807) is 0 Å². The first-order valence-corrected chi connectivity index (χ1v) is 4.95. The molecule has 0 saturated carbocycles. The zero-order valence-electron chi connectivity index (χ0n) is 9.20. The number of hydrogen-bond acceptors (Lipinski definition) is 1. The number of hydrogen-bond donors (Lipinski definition) is 1. The zero-order valence-corrected chi connectivity index (χ0v) is 9.20. The largest absolute Gasteiger partial charge is 0.386 e. The van der Waals surface area contributed by atoms with E-state index in [-0.39, 0.29) is 5.54 Å². The maximum atomic E-state index is 3.40. The van der Waals surface area contributed by atoms with Gasteiger partial charge in [0.05, 0.1) is 0 Å². The first kappa shape index (κ1) is 11.5. The Morgan fingerprint density at radius 2 is 1.83 bits per heavy atom. The average Bonchev–Trinajstić information content (AvgIpc) is 1.96. The molecule has 0 fully saturated rings. The third kappa shape index (κ3) is 6.26. The van der Waals surface area contributed by atoms with E-state index in [4.69, 9.17) is 0 Å². The molecule has 0 radical (unpaired) electrons. The molecule has 0 aliphatic heterocycles. The van der Waals surface area contributed by atoms with Crippen molar-refractivity contribution in [1.29, 1.82) is 0 Å². The molecule has 0 bridgehead atoms. The zero-order chi connectivity index (χ0) is 9.61. The van der Waals surface area contributed by atoms with E-state index in [9.17, 15) is 0 Å². The fourth-order valence-electron chi connectivity index (χ4n) is 0.991. The van der Waals surface area contributed by atoms with Gasteiger partial charge < -0.3 is 5.32 Å². The van der Waals surface area contributed by atoms with Crippen LogP contribution in [-0.4, -0.2) is 5.54 Å². The molecule has 1 N–H and O–H groups in total. The summed E-state index contributed by atoms with van der Waals surface area (Å²) < 4.78 is 0. The first-order chi connectivity index (χ1) is 5.49. The summed E-state index contributed by atoms with van der Waals surface area (Å²) in [5, 5.41) is 3.40. The normalized spacial score (nSPS) is 13.2. The lowest BCUT2D eigenvalue weighted by Crippen LogP contribution is -2.31. The second kappa shape index (κ2) is 5.23. The van der Waals surface area contributed by atoms with E-state index in [2.05, 4.69) is 46.1 Å². The number of allylic oxidation sites excluding steroid dienone is 1. The Morgan fingerprint density at radius 3 is 2.17 bits per heavy atom. The van der Waals surface area contributed by atoms with Crippen LogP contribution in [0.2, 0.25) is 0 Å². The van der Waals surface area contributed by atoms with E-state index >= 15 is 0 Å². The average molecular weight is 169 g/mol. The highest BCUT2D eigenvalue weighted by atomic mass is 14.9. The molecule has 0 heterocycles. The molecule has 0 aromatic carbocycles. The Bertz CT molecular complexity index is 140. The van der Waals surface area contributed by atoms with Crippen molar-refractivity contribution in [3.63, 3.8) is 0 Å². The molecule has 0 aliphatic carbocycles. The lowest BCUT2D eigenvalue weighted by Gasteiger charge is -2.19. The highest BCUT2D eigenvalue weighted by molar-refractivity contribution is 5.01. The lowest BCUT2D eigenvalue weighted by atomic mass is 10.1. The Hall–Kier alpha value is -0.460. The van der Waals surface area contributed by atoms with Crippen LogP contribution in [0.4, 0.5) is 0 Å². The van der Waals surface area contributed by atoms with Gasteiger partial charge in [-0.3, -0.25) is 0 Å². The molecule has 0 atom stereocenters. The molecule has 72 valence electrons. The molecule has 0 spiro atoms. The van der Waals surface area contributed by atoms with Gasteiger partial charge in [-0.2, -0.15) is 0 Å². The van der Waals surface area contributed by atoms with Crippen LogP contribution in [0.5, 0.6) is 0 Å². The fraction of sp³-hybridized carbons (Fsp3) is 0.818. The van der Waals surface area contributed by atoms with Crippen molar-refractivity contribution in [3.05, 3.63) is 11.8 Å². The maximum Gasteiger partial charge on any atom is 0.0283 e. The molecule has 1 nitrogen and oxygen atoms in total. The van der Waals surface area contributed by atoms with Crippen LogP contribution in [0.1, 0.15) is 53.9 Å². The van der Waals surface area contributed by atoms with Gasteiger partial charge in [0, 0.05) is 5.54 Å². The number of nitrogens with one attached hydrogen (secondary N) is 1. The third-order valence-electron chi connectivity index (χ3n) is 1.73. The van der Waals surface area contributed by atoms with Gasteiger partial charge in [-0.05, 0) is 39.8 Å². The molecule has 0 unspecified atom stereocenters. The summed E-state index contributed by atoms with van der Waals surface area (Å²) >= 11 is 0. The second-order valence-electron chi connectivity index (χ2n) is 4.30. The maximum absolute atomic E-state index is 3.40. The van der Waals surface area contributed by atoms with Crippen LogP contribution in [0.25, 0.3) is 0 Å². The number of rotatable bonds is 4. The fourth-order valence-corrected chi connectivity index (χ4v) is 0.991. The van der Waals surface area contributed by atoms with Crippen LogP contribution >= 0.6 is 0 Å². The Balaban J connectivity index is 3.94. The van der Waals surface area contributed by atoms with Crippen LogP contribution in [0, 0.1) is 0 Å². The second-order valence-corrected chi connectivity index (χ2v) is 4.30. The molecule has 1 heteroatoms. The van der Waals surface area contributed by atoms with Crippen LogP contribution in [-0.2, 0) is 0 Å². The Morgan fingerprint density at radius 1 is 1.25 bits per heavy atom. The van der Waals surface area contributed by atoms with Crippen molar-refractivity contribution < 1.29 is 0 Å². The van der Waals surface area contributed by atoms with Crippen molar-refractivity contribution in [2.24, 2.45) is 0 Å². The third-order valence-corrected chi connectivity index (χ3v) is 1.73. The summed E-state index contributed by atoms with van der Waals surface area (Å²) in [5.74, 6) is 0. The van der Waals surface area contributed by atoms with Gasteiger partial charge >= 0.3 is 0 Å². The highest BCUT2D eigenvalue weighted by Gasteiger charge is 2.05. The van der Waals surface area contributed by atoms with Crippen molar-refractivity contribution in [2.45, 2.75) is 59.4 Å². The van der Waals surface area contributed by atoms with Crippen molar-refractivity contribution in [2.75, 3.05) is 0 Å². The summed E-state index contributed by atoms with van der Waals surface area (Å²) in [7, 11) is 0. The van der Waals surface area contributed by atoms with Gasteiger partial charge in [0.1, 0.15) is 0 Å². The lowest BCUT2D eigenvalue weighted by molar-refractivity contribution is 0.487. The quantitative estimate of drug-likeness (QED) is 0.679. The summed E-state index contributed by atoms with van der Waals surface area (Å²) in [4.78, 5) is 0. The van der Waals surface area contributed by atoms with Gasteiger partial charge in [0.15, 0.2) is 0 Å². The van der Waals surface area contributed by atoms with E-state index in [1.165, 1.54) is 18.4 Å². The van der Waals surface area contributed by atoms with Gasteiger partial charge in [0.25, 0.3) is 0 Å². The molecule has 12 heavy (non-hydrogen) atoms.